The van der Waals surface area contributed by atoms with E-state index in [0.717, 1.165) is 12.8 Å². The third-order valence-corrected chi connectivity index (χ3v) is 3.11. The van der Waals surface area contributed by atoms with Gasteiger partial charge >= 0.3 is 11.9 Å². The molecule has 1 rings (SSSR count). The second kappa shape index (κ2) is 5.80. The first kappa shape index (κ1) is 13.7. The van der Waals surface area contributed by atoms with Crippen molar-refractivity contribution in [2.45, 2.75) is 39.7 Å². The van der Waals surface area contributed by atoms with Crippen molar-refractivity contribution in [3.63, 3.8) is 0 Å². The van der Waals surface area contributed by atoms with Crippen molar-refractivity contribution in [1.29, 1.82) is 0 Å². The second-order valence-electron chi connectivity index (χ2n) is 4.04. The van der Waals surface area contributed by atoms with E-state index in [1.54, 1.807) is 6.92 Å². The van der Waals surface area contributed by atoms with Gasteiger partial charge < -0.3 is 9.47 Å². The summed E-state index contributed by atoms with van der Waals surface area (Å²) in [6.07, 6.45) is 0.832. The lowest BCUT2D eigenvalue weighted by atomic mass is 9.86. The maximum atomic E-state index is 11.7. The molecule has 0 amide bonds. The van der Waals surface area contributed by atoms with Crippen LogP contribution in [-0.4, -0.2) is 30.4 Å². The fourth-order valence-corrected chi connectivity index (χ4v) is 2.12. The molecule has 0 aromatic rings. The quantitative estimate of drug-likeness (QED) is 0.410. The summed E-state index contributed by atoms with van der Waals surface area (Å²) in [7, 11) is 0. The molecule has 17 heavy (non-hydrogen) atoms. The zero-order valence-electron chi connectivity index (χ0n) is 10.4. The summed E-state index contributed by atoms with van der Waals surface area (Å²) in [6, 6.07) is 0. The molecule has 1 fully saturated rings. The highest BCUT2D eigenvalue weighted by Crippen LogP contribution is 2.30. The maximum absolute atomic E-state index is 11.7. The number of Topliss-reactive ketones (excluding diaryl/α,β-unsaturated/α-hetero) is 1. The lowest BCUT2D eigenvalue weighted by Crippen LogP contribution is -2.35. The van der Waals surface area contributed by atoms with Crippen LogP contribution in [-0.2, 0) is 23.9 Å². The van der Waals surface area contributed by atoms with Gasteiger partial charge in [-0.25, -0.2) is 4.79 Å². The largest absolute Gasteiger partial charge is 0.465 e. The molecule has 1 aliphatic rings. The van der Waals surface area contributed by atoms with Gasteiger partial charge in [0.15, 0.2) is 5.92 Å². The van der Waals surface area contributed by atoms with Crippen molar-refractivity contribution in [2.75, 3.05) is 6.61 Å². The van der Waals surface area contributed by atoms with E-state index in [4.69, 9.17) is 9.47 Å². The van der Waals surface area contributed by atoms with Crippen molar-refractivity contribution in [2.24, 2.45) is 11.8 Å². The molecular formula is C12H18O5. The number of cyclic esters (lactones) is 1. The van der Waals surface area contributed by atoms with Crippen LogP contribution in [0.2, 0.25) is 0 Å². The maximum Gasteiger partial charge on any atom is 0.376 e. The molecule has 0 aromatic carbocycles. The van der Waals surface area contributed by atoms with Gasteiger partial charge in [-0.3, -0.25) is 9.59 Å². The van der Waals surface area contributed by atoms with E-state index >= 15 is 0 Å². The predicted octanol–water partition coefficient (Wildman–Crippen LogP) is 1.10. The van der Waals surface area contributed by atoms with E-state index in [9.17, 15) is 14.4 Å². The van der Waals surface area contributed by atoms with Gasteiger partial charge in [0.1, 0.15) is 6.10 Å². The van der Waals surface area contributed by atoms with E-state index in [1.165, 1.54) is 0 Å². The summed E-state index contributed by atoms with van der Waals surface area (Å²) in [5.74, 6) is -3.41. The number of rotatable bonds is 5. The van der Waals surface area contributed by atoms with Crippen molar-refractivity contribution in [3.8, 4) is 0 Å². The Hall–Kier alpha value is -1.39. The average Bonchev–Trinajstić information content (AvgIpc) is 2.58. The summed E-state index contributed by atoms with van der Waals surface area (Å²) in [5.41, 5.74) is 0. The summed E-state index contributed by atoms with van der Waals surface area (Å²) >= 11 is 0. The number of carbonyl (C=O) groups excluding carboxylic acids is 3. The Morgan fingerprint density at radius 1 is 1.29 bits per heavy atom. The lowest BCUT2D eigenvalue weighted by molar-refractivity contribution is -0.152. The highest BCUT2D eigenvalue weighted by molar-refractivity contribution is 6.40. The van der Waals surface area contributed by atoms with Crippen LogP contribution in [0.3, 0.4) is 0 Å². The Bertz CT molecular complexity index is 319. The number of hydrogen-bond donors (Lipinski definition) is 0. The molecule has 0 saturated carbocycles. The first-order valence-electron chi connectivity index (χ1n) is 5.98. The zero-order valence-corrected chi connectivity index (χ0v) is 10.4. The van der Waals surface area contributed by atoms with E-state index in [-0.39, 0.29) is 12.5 Å². The van der Waals surface area contributed by atoms with Gasteiger partial charge in [0, 0.05) is 0 Å². The van der Waals surface area contributed by atoms with Crippen LogP contribution in [0.1, 0.15) is 33.6 Å². The molecule has 0 unspecified atom stereocenters. The first-order chi connectivity index (χ1) is 8.06. The molecule has 2 atom stereocenters. The molecule has 1 aliphatic heterocycles. The minimum Gasteiger partial charge on any atom is -0.465 e. The monoisotopic (exact) mass is 242 g/mol. The van der Waals surface area contributed by atoms with Crippen LogP contribution in [0.25, 0.3) is 0 Å². The summed E-state index contributed by atoms with van der Waals surface area (Å²) in [4.78, 5) is 34.5. The van der Waals surface area contributed by atoms with Crippen LogP contribution in [0.5, 0.6) is 0 Å². The Balaban J connectivity index is 2.91. The molecule has 5 heteroatoms. The summed E-state index contributed by atoms with van der Waals surface area (Å²) in [6.45, 7) is 5.72. The van der Waals surface area contributed by atoms with Crippen molar-refractivity contribution < 1.29 is 23.9 Å². The molecule has 0 aliphatic carbocycles. The van der Waals surface area contributed by atoms with E-state index < -0.39 is 29.7 Å². The summed E-state index contributed by atoms with van der Waals surface area (Å²) in [5, 5.41) is 0. The van der Waals surface area contributed by atoms with E-state index in [2.05, 4.69) is 0 Å². The summed E-state index contributed by atoms with van der Waals surface area (Å²) < 4.78 is 9.83. The number of ether oxygens (including phenoxy) is 2. The Morgan fingerprint density at radius 3 is 2.35 bits per heavy atom. The topological polar surface area (TPSA) is 69.7 Å². The molecule has 1 heterocycles. The van der Waals surface area contributed by atoms with Gasteiger partial charge in [-0.15, -0.1) is 0 Å². The molecular weight excluding hydrogens is 224 g/mol. The van der Waals surface area contributed by atoms with Crippen LogP contribution in [0, 0.1) is 11.8 Å². The average molecular weight is 242 g/mol. The molecule has 0 spiro atoms. The van der Waals surface area contributed by atoms with Crippen molar-refractivity contribution in [1.82, 2.24) is 0 Å². The number of esters is 2. The standard InChI is InChI=1S/C12H18O5/c1-4-7(5-2)10-8(11(14)16-6-3)9(13)12(15)17-10/h7-8,10H,4-6H2,1-3H3/t8-,10+/m0/s1. The smallest absolute Gasteiger partial charge is 0.376 e. The fourth-order valence-electron chi connectivity index (χ4n) is 2.12. The van der Waals surface area contributed by atoms with Gasteiger partial charge in [0.05, 0.1) is 6.61 Å². The Morgan fingerprint density at radius 2 is 1.88 bits per heavy atom. The normalized spacial score (nSPS) is 24.0. The van der Waals surface area contributed by atoms with Crippen LogP contribution < -0.4 is 0 Å². The lowest BCUT2D eigenvalue weighted by Gasteiger charge is -2.22. The molecule has 0 N–H and O–H groups in total. The van der Waals surface area contributed by atoms with Crippen LogP contribution in [0.4, 0.5) is 0 Å². The number of carbonyl (C=O) groups is 3. The molecule has 1 saturated heterocycles. The molecule has 0 bridgehead atoms. The minimum absolute atomic E-state index is 0.0137. The zero-order chi connectivity index (χ0) is 13.0. The SMILES string of the molecule is CCOC(=O)[C@H]1C(=O)C(=O)O[C@@H]1C(CC)CC. The Kier molecular flexibility index (Phi) is 4.66. The van der Waals surface area contributed by atoms with Gasteiger partial charge in [0.2, 0.25) is 0 Å². The third kappa shape index (κ3) is 2.65. The van der Waals surface area contributed by atoms with Crippen LogP contribution >= 0.6 is 0 Å². The van der Waals surface area contributed by atoms with Gasteiger partial charge in [-0.1, -0.05) is 13.8 Å². The molecule has 5 nitrogen and oxygen atoms in total. The molecule has 0 radical (unpaired) electrons. The fraction of sp³-hybridized carbons (Fsp3) is 0.750. The van der Waals surface area contributed by atoms with Crippen molar-refractivity contribution in [3.05, 3.63) is 0 Å². The number of hydrogen-bond acceptors (Lipinski definition) is 5. The van der Waals surface area contributed by atoms with Gasteiger partial charge in [0.25, 0.3) is 5.78 Å². The van der Waals surface area contributed by atoms with E-state index in [1.807, 2.05) is 13.8 Å². The first-order valence-corrected chi connectivity index (χ1v) is 5.98. The van der Waals surface area contributed by atoms with Crippen molar-refractivity contribution >= 4 is 17.7 Å². The molecule has 96 valence electrons. The van der Waals surface area contributed by atoms with Crippen LogP contribution in [0.15, 0.2) is 0 Å². The van der Waals surface area contributed by atoms with Gasteiger partial charge in [-0.2, -0.15) is 0 Å². The molecule has 0 aromatic heterocycles. The highest BCUT2D eigenvalue weighted by Gasteiger charge is 2.51. The minimum atomic E-state index is -1.08. The third-order valence-electron chi connectivity index (χ3n) is 3.11. The Labute approximate surface area is 100 Å². The van der Waals surface area contributed by atoms with E-state index in [0.29, 0.717) is 0 Å². The highest BCUT2D eigenvalue weighted by atomic mass is 16.6. The van der Waals surface area contributed by atoms with Gasteiger partial charge in [-0.05, 0) is 25.7 Å². The second-order valence-corrected chi connectivity index (χ2v) is 4.04. The predicted molar refractivity (Wildman–Crippen MR) is 59.1 cm³/mol. The number of ketones is 1.